The maximum absolute atomic E-state index is 13.2. The molecule has 3 N–H and O–H groups in total. The van der Waals surface area contributed by atoms with Crippen LogP contribution in [0.25, 0.3) is 0 Å². The number of aliphatic hydroxyl groups excluding tert-OH is 1. The molecule has 1 atom stereocenters. The van der Waals surface area contributed by atoms with Crippen molar-refractivity contribution in [2.45, 2.75) is 37.6 Å². The molecule has 3 rings (SSSR count). The normalized spacial score (nSPS) is 25.8. The largest absolute Gasteiger partial charge is 0.396 e. The molecule has 5 heteroatoms. The van der Waals surface area contributed by atoms with Crippen molar-refractivity contribution < 1.29 is 9.90 Å². The first-order chi connectivity index (χ1) is 10.7. The van der Waals surface area contributed by atoms with Crippen LogP contribution in [0.3, 0.4) is 0 Å². The number of nitrogens with zero attached hydrogens (tertiary/aromatic N) is 1. The third kappa shape index (κ3) is 2.29. The van der Waals surface area contributed by atoms with E-state index in [1.165, 1.54) is 4.90 Å². The molecule has 1 unspecified atom stereocenters. The molecule has 1 heterocycles. The second-order valence-electron chi connectivity index (χ2n) is 6.16. The van der Waals surface area contributed by atoms with Crippen molar-refractivity contribution in [3.8, 4) is 0 Å². The van der Waals surface area contributed by atoms with Crippen molar-refractivity contribution in [2.75, 3.05) is 13.2 Å². The zero-order valence-electron chi connectivity index (χ0n) is 12.7. The zero-order chi connectivity index (χ0) is 15.6. The summed E-state index contributed by atoms with van der Waals surface area (Å²) in [5.74, 6) is 0.347. The first-order valence-electron chi connectivity index (χ1n) is 8.05. The number of rotatable bonds is 5. The highest BCUT2D eigenvalue weighted by Gasteiger charge is 2.55. The average molecular weight is 301 g/mol. The topological polar surface area (TPSA) is 76.4 Å². The van der Waals surface area contributed by atoms with Gasteiger partial charge in [-0.2, -0.15) is 0 Å². The number of guanidine groups is 1. The first kappa shape index (κ1) is 15.0. The van der Waals surface area contributed by atoms with Crippen LogP contribution < -0.4 is 5.32 Å². The van der Waals surface area contributed by atoms with E-state index in [1.54, 1.807) is 0 Å². The lowest BCUT2D eigenvalue weighted by molar-refractivity contribution is -0.133. The predicted molar refractivity (Wildman–Crippen MR) is 84.4 cm³/mol. The van der Waals surface area contributed by atoms with Gasteiger partial charge in [-0.1, -0.05) is 43.2 Å². The molecule has 1 aliphatic heterocycles. The van der Waals surface area contributed by atoms with Crippen molar-refractivity contribution in [3.63, 3.8) is 0 Å². The molecule has 1 aromatic carbocycles. The Morgan fingerprint density at radius 1 is 1.27 bits per heavy atom. The third-order valence-electron chi connectivity index (χ3n) is 4.90. The van der Waals surface area contributed by atoms with Gasteiger partial charge in [0.1, 0.15) is 5.54 Å². The van der Waals surface area contributed by atoms with Crippen LogP contribution in [-0.2, 0) is 10.3 Å². The minimum Gasteiger partial charge on any atom is -0.396 e. The van der Waals surface area contributed by atoms with E-state index in [2.05, 4.69) is 5.32 Å². The minimum absolute atomic E-state index is 0.0266. The fraction of sp³-hybridized carbons (Fsp3) is 0.529. The van der Waals surface area contributed by atoms with Gasteiger partial charge in [-0.3, -0.25) is 15.1 Å². The van der Waals surface area contributed by atoms with Crippen LogP contribution in [0.4, 0.5) is 0 Å². The van der Waals surface area contributed by atoms with E-state index in [0.29, 0.717) is 13.0 Å². The smallest absolute Gasteiger partial charge is 0.259 e. The number of amides is 1. The lowest BCUT2D eigenvalue weighted by atomic mass is 9.76. The summed E-state index contributed by atoms with van der Waals surface area (Å²) in [5, 5.41) is 20.4. The standard InChI is InChI=1S/C17H23N3O2/c18-16-19-17(14-9-4-5-10-14,13-7-2-1-3-8-13)15(22)20(16)11-6-12-21/h1-3,7-8,14,21H,4-6,9-12H2,(H2,18,19). The van der Waals surface area contributed by atoms with E-state index in [0.717, 1.165) is 31.2 Å². The Morgan fingerprint density at radius 3 is 2.59 bits per heavy atom. The van der Waals surface area contributed by atoms with Crippen molar-refractivity contribution >= 4 is 11.9 Å². The van der Waals surface area contributed by atoms with Crippen LogP contribution in [0.15, 0.2) is 30.3 Å². The van der Waals surface area contributed by atoms with Crippen LogP contribution in [0.1, 0.15) is 37.7 Å². The number of hydrogen-bond donors (Lipinski definition) is 3. The summed E-state index contributed by atoms with van der Waals surface area (Å²) in [6.07, 6.45) is 4.78. The Labute approximate surface area is 130 Å². The van der Waals surface area contributed by atoms with E-state index in [4.69, 9.17) is 10.5 Å². The molecule has 118 valence electrons. The SMILES string of the molecule is N=C1NC(c2ccccc2)(C2CCCC2)C(=O)N1CCCO. The molecule has 22 heavy (non-hydrogen) atoms. The number of benzene rings is 1. The number of carbonyl (C=O) groups is 1. The summed E-state index contributed by atoms with van der Waals surface area (Å²) >= 11 is 0. The molecule has 1 saturated heterocycles. The lowest BCUT2D eigenvalue weighted by Crippen LogP contribution is -2.49. The summed E-state index contributed by atoms with van der Waals surface area (Å²) in [4.78, 5) is 14.7. The van der Waals surface area contributed by atoms with Gasteiger partial charge < -0.3 is 10.4 Å². The molecule has 1 aromatic rings. The number of hydrogen-bond acceptors (Lipinski definition) is 3. The van der Waals surface area contributed by atoms with Crippen LogP contribution >= 0.6 is 0 Å². The predicted octanol–water partition coefficient (Wildman–Crippen LogP) is 1.82. The second-order valence-corrected chi connectivity index (χ2v) is 6.16. The van der Waals surface area contributed by atoms with Crippen molar-refractivity contribution in [1.82, 2.24) is 10.2 Å². The maximum atomic E-state index is 13.2. The molecule has 1 amide bonds. The van der Waals surface area contributed by atoms with Gasteiger partial charge in [0, 0.05) is 13.2 Å². The molecule has 0 spiro atoms. The molecular weight excluding hydrogens is 278 g/mol. The van der Waals surface area contributed by atoms with Gasteiger partial charge in [-0.05, 0) is 30.7 Å². The maximum Gasteiger partial charge on any atom is 0.259 e. The second kappa shape index (κ2) is 6.08. The highest BCUT2D eigenvalue weighted by Crippen LogP contribution is 2.44. The van der Waals surface area contributed by atoms with E-state index < -0.39 is 5.54 Å². The number of carbonyl (C=O) groups excluding carboxylic acids is 1. The highest BCUT2D eigenvalue weighted by molar-refractivity contribution is 6.08. The van der Waals surface area contributed by atoms with Gasteiger partial charge in [0.05, 0.1) is 0 Å². The summed E-state index contributed by atoms with van der Waals surface area (Å²) in [6.45, 7) is 0.418. The summed E-state index contributed by atoms with van der Waals surface area (Å²) < 4.78 is 0. The summed E-state index contributed by atoms with van der Waals surface area (Å²) in [5.41, 5.74) is 0.146. The third-order valence-corrected chi connectivity index (χ3v) is 4.90. The monoisotopic (exact) mass is 301 g/mol. The van der Waals surface area contributed by atoms with Crippen molar-refractivity contribution in [2.24, 2.45) is 5.92 Å². The molecular formula is C17H23N3O2. The molecule has 2 fully saturated rings. The Morgan fingerprint density at radius 2 is 1.95 bits per heavy atom. The average Bonchev–Trinajstić information content (AvgIpc) is 3.15. The van der Waals surface area contributed by atoms with Gasteiger partial charge in [-0.15, -0.1) is 0 Å². The summed E-state index contributed by atoms with van der Waals surface area (Å²) in [6, 6.07) is 9.79. The Bertz CT molecular complexity index is 554. The Kier molecular flexibility index (Phi) is 4.16. The van der Waals surface area contributed by atoms with Crippen LogP contribution in [0, 0.1) is 11.3 Å². The fourth-order valence-electron chi connectivity index (χ4n) is 3.83. The zero-order valence-corrected chi connectivity index (χ0v) is 12.7. The van der Waals surface area contributed by atoms with E-state index in [1.807, 2.05) is 30.3 Å². The fourth-order valence-corrected chi connectivity index (χ4v) is 3.83. The van der Waals surface area contributed by atoms with E-state index in [9.17, 15) is 4.79 Å². The Hall–Kier alpha value is -1.88. The van der Waals surface area contributed by atoms with Crippen molar-refractivity contribution in [1.29, 1.82) is 5.41 Å². The molecule has 1 saturated carbocycles. The summed E-state index contributed by atoms with van der Waals surface area (Å²) in [7, 11) is 0. The van der Waals surface area contributed by atoms with Gasteiger partial charge >= 0.3 is 0 Å². The molecule has 0 radical (unpaired) electrons. The van der Waals surface area contributed by atoms with Gasteiger partial charge in [0.2, 0.25) is 0 Å². The van der Waals surface area contributed by atoms with Crippen molar-refractivity contribution in [3.05, 3.63) is 35.9 Å². The number of nitrogens with one attached hydrogen (secondary N) is 2. The molecule has 5 nitrogen and oxygen atoms in total. The molecule has 2 aliphatic rings. The van der Waals surface area contributed by atoms with E-state index >= 15 is 0 Å². The van der Waals surface area contributed by atoms with Gasteiger partial charge in [-0.25, -0.2) is 0 Å². The molecule has 1 aliphatic carbocycles. The first-order valence-corrected chi connectivity index (χ1v) is 8.05. The quantitative estimate of drug-likeness (QED) is 0.776. The molecule has 0 aromatic heterocycles. The van der Waals surface area contributed by atoms with E-state index in [-0.39, 0.29) is 24.4 Å². The number of aliphatic hydroxyl groups is 1. The van der Waals surface area contributed by atoms with Gasteiger partial charge in [0.15, 0.2) is 5.96 Å². The molecule has 0 bridgehead atoms. The minimum atomic E-state index is -0.801. The van der Waals surface area contributed by atoms with Gasteiger partial charge in [0.25, 0.3) is 5.91 Å². The van der Waals surface area contributed by atoms with Crippen LogP contribution in [0.2, 0.25) is 0 Å². The van der Waals surface area contributed by atoms with Crippen LogP contribution in [-0.4, -0.2) is 35.0 Å². The highest BCUT2D eigenvalue weighted by atomic mass is 16.3. The lowest BCUT2D eigenvalue weighted by Gasteiger charge is -2.33. The van der Waals surface area contributed by atoms with Crippen LogP contribution in [0.5, 0.6) is 0 Å². The Balaban J connectivity index is 2.00.